The third kappa shape index (κ3) is 5.03. The Hall–Kier alpha value is -0.740. The molecular formula is C15H24FNOS. The van der Waals surface area contributed by atoms with Crippen LogP contribution in [-0.2, 0) is 0 Å². The lowest BCUT2D eigenvalue weighted by atomic mass is 10.1. The van der Waals surface area contributed by atoms with Gasteiger partial charge in [0.15, 0.2) is 0 Å². The van der Waals surface area contributed by atoms with Gasteiger partial charge in [0.25, 0.3) is 0 Å². The number of ether oxygens (including phenoxy) is 1. The molecule has 0 aliphatic rings. The van der Waals surface area contributed by atoms with E-state index in [1.165, 1.54) is 6.07 Å². The maximum atomic E-state index is 13.9. The van der Waals surface area contributed by atoms with E-state index in [1.54, 1.807) is 19.2 Å². The summed E-state index contributed by atoms with van der Waals surface area (Å²) in [5, 5.41) is 3.44. The summed E-state index contributed by atoms with van der Waals surface area (Å²) in [4.78, 5) is 0. The zero-order valence-electron chi connectivity index (χ0n) is 12.2. The van der Waals surface area contributed by atoms with Crippen molar-refractivity contribution in [2.75, 3.05) is 18.6 Å². The van der Waals surface area contributed by atoms with Crippen LogP contribution < -0.4 is 10.1 Å². The van der Waals surface area contributed by atoms with Crippen LogP contribution in [0.2, 0.25) is 0 Å². The average Bonchev–Trinajstić information content (AvgIpc) is 2.38. The number of hydrogen-bond donors (Lipinski definition) is 1. The topological polar surface area (TPSA) is 21.3 Å². The number of benzene rings is 1. The largest absolute Gasteiger partial charge is 0.496 e. The van der Waals surface area contributed by atoms with Crippen molar-refractivity contribution in [1.82, 2.24) is 5.32 Å². The van der Waals surface area contributed by atoms with E-state index in [0.29, 0.717) is 17.4 Å². The number of hydrogen-bond acceptors (Lipinski definition) is 3. The third-order valence-corrected chi connectivity index (χ3v) is 4.03. The molecule has 0 radical (unpaired) electrons. The Morgan fingerprint density at radius 1 is 1.37 bits per heavy atom. The molecule has 0 fully saturated rings. The predicted octanol–water partition coefficient (Wildman–Crippen LogP) is 4.02. The van der Waals surface area contributed by atoms with Gasteiger partial charge in [-0.1, -0.05) is 13.0 Å². The molecule has 0 saturated carbocycles. The third-order valence-electron chi connectivity index (χ3n) is 3.10. The summed E-state index contributed by atoms with van der Waals surface area (Å²) in [6.45, 7) is 6.28. The van der Waals surface area contributed by atoms with E-state index < -0.39 is 0 Å². The van der Waals surface area contributed by atoms with E-state index in [2.05, 4.69) is 19.2 Å². The van der Waals surface area contributed by atoms with Crippen molar-refractivity contribution in [2.24, 2.45) is 0 Å². The van der Waals surface area contributed by atoms with Crippen LogP contribution in [0.4, 0.5) is 4.39 Å². The molecule has 0 saturated heterocycles. The number of methoxy groups -OCH3 is 1. The van der Waals surface area contributed by atoms with E-state index in [0.717, 1.165) is 17.9 Å². The van der Waals surface area contributed by atoms with Crippen molar-refractivity contribution in [2.45, 2.75) is 39.3 Å². The first kappa shape index (κ1) is 16.3. The summed E-state index contributed by atoms with van der Waals surface area (Å²) in [5.41, 5.74) is 0.611. The molecule has 2 atom stereocenters. The molecule has 2 nitrogen and oxygen atoms in total. The van der Waals surface area contributed by atoms with Crippen LogP contribution in [0.15, 0.2) is 18.2 Å². The fourth-order valence-electron chi connectivity index (χ4n) is 2.11. The van der Waals surface area contributed by atoms with Gasteiger partial charge in [-0.3, -0.25) is 0 Å². The van der Waals surface area contributed by atoms with Crippen molar-refractivity contribution >= 4 is 11.8 Å². The highest BCUT2D eigenvalue weighted by atomic mass is 32.2. The van der Waals surface area contributed by atoms with Gasteiger partial charge in [-0.2, -0.15) is 11.8 Å². The molecule has 19 heavy (non-hydrogen) atoms. The Morgan fingerprint density at radius 3 is 2.74 bits per heavy atom. The lowest BCUT2D eigenvalue weighted by Gasteiger charge is -2.22. The van der Waals surface area contributed by atoms with E-state index in [-0.39, 0.29) is 11.9 Å². The standard InChI is InChI=1S/C15H24FNOS/c1-5-19-10-9-11(2)17-12(3)15-13(16)7-6-8-14(15)18-4/h6-8,11-12,17H,5,9-10H2,1-4H3. The summed E-state index contributed by atoms with van der Waals surface area (Å²) in [7, 11) is 1.58. The second kappa shape index (κ2) is 8.43. The monoisotopic (exact) mass is 285 g/mol. The molecule has 2 unspecified atom stereocenters. The lowest BCUT2D eigenvalue weighted by molar-refractivity contribution is 0.385. The first-order chi connectivity index (χ1) is 9.10. The Kier molecular flexibility index (Phi) is 7.24. The van der Waals surface area contributed by atoms with Crippen LogP contribution in [0.3, 0.4) is 0 Å². The smallest absolute Gasteiger partial charge is 0.131 e. The van der Waals surface area contributed by atoms with E-state index in [9.17, 15) is 4.39 Å². The van der Waals surface area contributed by atoms with Gasteiger partial charge in [0.1, 0.15) is 11.6 Å². The normalized spacial score (nSPS) is 14.2. The molecule has 1 aromatic carbocycles. The quantitative estimate of drug-likeness (QED) is 0.729. The number of rotatable bonds is 8. The maximum Gasteiger partial charge on any atom is 0.131 e. The second-order valence-electron chi connectivity index (χ2n) is 4.63. The fourth-order valence-corrected chi connectivity index (χ4v) is 2.92. The summed E-state index contributed by atoms with van der Waals surface area (Å²) in [6, 6.07) is 5.25. The number of nitrogens with one attached hydrogen (secondary N) is 1. The van der Waals surface area contributed by atoms with Crippen LogP contribution in [0.1, 0.15) is 38.8 Å². The molecule has 4 heteroatoms. The van der Waals surface area contributed by atoms with Crippen molar-refractivity contribution in [1.29, 1.82) is 0 Å². The van der Waals surface area contributed by atoms with Crippen LogP contribution in [0.5, 0.6) is 5.75 Å². The minimum Gasteiger partial charge on any atom is -0.496 e. The lowest BCUT2D eigenvalue weighted by Crippen LogP contribution is -2.30. The van der Waals surface area contributed by atoms with Gasteiger partial charge in [0.05, 0.1) is 7.11 Å². The van der Waals surface area contributed by atoms with E-state index >= 15 is 0 Å². The SMILES string of the molecule is CCSCCC(C)NC(C)c1c(F)cccc1OC. The molecular weight excluding hydrogens is 261 g/mol. The van der Waals surface area contributed by atoms with E-state index in [4.69, 9.17) is 4.74 Å². The molecule has 108 valence electrons. The van der Waals surface area contributed by atoms with Gasteiger partial charge >= 0.3 is 0 Å². The van der Waals surface area contributed by atoms with Gasteiger partial charge in [0, 0.05) is 17.6 Å². The second-order valence-corrected chi connectivity index (χ2v) is 6.02. The Balaban J connectivity index is 2.64. The maximum absolute atomic E-state index is 13.9. The van der Waals surface area contributed by atoms with Crippen LogP contribution >= 0.6 is 11.8 Å². The molecule has 0 aliphatic carbocycles. The summed E-state index contributed by atoms with van der Waals surface area (Å²) < 4.78 is 19.2. The van der Waals surface area contributed by atoms with Crippen molar-refractivity contribution < 1.29 is 9.13 Å². The molecule has 0 amide bonds. The molecule has 0 aliphatic heterocycles. The van der Waals surface area contributed by atoms with Gasteiger partial charge in [-0.25, -0.2) is 4.39 Å². The first-order valence-electron chi connectivity index (χ1n) is 6.76. The summed E-state index contributed by atoms with van der Waals surface area (Å²) in [5.74, 6) is 2.67. The summed E-state index contributed by atoms with van der Waals surface area (Å²) in [6.07, 6.45) is 1.08. The van der Waals surface area contributed by atoms with Crippen molar-refractivity contribution in [3.63, 3.8) is 0 Å². The fraction of sp³-hybridized carbons (Fsp3) is 0.600. The van der Waals surface area contributed by atoms with Crippen LogP contribution in [-0.4, -0.2) is 24.7 Å². The molecule has 0 bridgehead atoms. The van der Waals surface area contributed by atoms with Gasteiger partial charge in [0.2, 0.25) is 0 Å². The molecule has 1 rings (SSSR count). The molecule has 0 spiro atoms. The predicted molar refractivity (Wildman–Crippen MR) is 81.6 cm³/mol. The van der Waals surface area contributed by atoms with Crippen LogP contribution in [0.25, 0.3) is 0 Å². The molecule has 0 heterocycles. The van der Waals surface area contributed by atoms with Gasteiger partial charge in [-0.05, 0) is 43.9 Å². The van der Waals surface area contributed by atoms with Crippen LogP contribution in [0, 0.1) is 5.82 Å². The number of thioether (sulfide) groups is 1. The molecule has 1 aromatic rings. The molecule has 0 aromatic heterocycles. The minimum absolute atomic E-state index is 0.0576. The van der Waals surface area contributed by atoms with Crippen molar-refractivity contribution in [3.8, 4) is 5.75 Å². The highest BCUT2D eigenvalue weighted by molar-refractivity contribution is 7.99. The highest BCUT2D eigenvalue weighted by Gasteiger charge is 2.17. The zero-order chi connectivity index (χ0) is 14.3. The highest BCUT2D eigenvalue weighted by Crippen LogP contribution is 2.28. The van der Waals surface area contributed by atoms with Gasteiger partial charge in [-0.15, -0.1) is 0 Å². The summed E-state index contributed by atoms with van der Waals surface area (Å²) >= 11 is 1.93. The molecule has 1 N–H and O–H groups in total. The Bertz CT molecular complexity index is 386. The first-order valence-corrected chi connectivity index (χ1v) is 7.91. The Labute approximate surface area is 120 Å². The number of halogens is 1. The van der Waals surface area contributed by atoms with Gasteiger partial charge < -0.3 is 10.1 Å². The minimum atomic E-state index is -0.213. The Morgan fingerprint density at radius 2 is 2.11 bits per heavy atom. The van der Waals surface area contributed by atoms with E-state index in [1.807, 2.05) is 18.7 Å². The van der Waals surface area contributed by atoms with Crippen molar-refractivity contribution in [3.05, 3.63) is 29.6 Å². The average molecular weight is 285 g/mol. The zero-order valence-corrected chi connectivity index (χ0v) is 13.0.